The number of nitrogens with zero attached hydrogens (tertiary/aromatic N) is 2. The van der Waals surface area contributed by atoms with Crippen LogP contribution in [-0.2, 0) is 4.79 Å². The number of amides is 1. The van der Waals surface area contributed by atoms with Crippen LogP contribution in [-0.4, -0.2) is 43.8 Å². The number of ether oxygens (including phenoxy) is 1. The zero-order valence-corrected chi connectivity index (χ0v) is 11.1. The molecule has 19 heavy (non-hydrogen) atoms. The summed E-state index contributed by atoms with van der Waals surface area (Å²) in [5.74, 6) is 0.738. The van der Waals surface area contributed by atoms with Crippen LogP contribution in [0.5, 0.6) is 5.75 Å². The quantitative estimate of drug-likeness (QED) is 0.641. The molecule has 0 radical (unpaired) electrons. The highest BCUT2D eigenvalue weighted by atomic mass is 16.5. The van der Waals surface area contributed by atoms with Crippen molar-refractivity contribution in [2.24, 2.45) is 5.10 Å². The normalized spacial score (nSPS) is 15.8. The first-order valence-corrected chi connectivity index (χ1v) is 6.46. The van der Waals surface area contributed by atoms with E-state index >= 15 is 0 Å². The van der Waals surface area contributed by atoms with Crippen LogP contribution in [0.2, 0.25) is 0 Å². The van der Waals surface area contributed by atoms with Crippen LogP contribution in [0.3, 0.4) is 0 Å². The molecule has 1 fully saturated rings. The fourth-order valence-corrected chi connectivity index (χ4v) is 2.05. The minimum absolute atomic E-state index is 0.0633. The predicted octanol–water partition coefficient (Wildman–Crippen LogP) is 1.24. The number of methoxy groups -OCH3 is 1. The van der Waals surface area contributed by atoms with Crippen molar-refractivity contribution < 1.29 is 9.53 Å². The zero-order chi connectivity index (χ0) is 13.5. The summed E-state index contributed by atoms with van der Waals surface area (Å²) in [6, 6.07) is 7.48. The molecule has 0 atom stereocenters. The van der Waals surface area contributed by atoms with Gasteiger partial charge in [-0.2, -0.15) is 5.10 Å². The molecule has 0 spiro atoms. The van der Waals surface area contributed by atoms with Gasteiger partial charge in [0, 0.05) is 0 Å². The number of rotatable bonds is 5. The Bertz CT molecular complexity index is 437. The summed E-state index contributed by atoms with van der Waals surface area (Å²) in [5.41, 5.74) is 3.46. The Labute approximate surface area is 113 Å². The van der Waals surface area contributed by atoms with Gasteiger partial charge in [0.25, 0.3) is 5.91 Å². The fourth-order valence-electron chi connectivity index (χ4n) is 2.05. The maximum absolute atomic E-state index is 11.6. The van der Waals surface area contributed by atoms with Crippen LogP contribution in [0.1, 0.15) is 18.4 Å². The lowest BCUT2D eigenvalue weighted by molar-refractivity contribution is -0.121. The summed E-state index contributed by atoms with van der Waals surface area (Å²) in [4.78, 5) is 13.7. The van der Waals surface area contributed by atoms with Gasteiger partial charge in [-0.3, -0.25) is 9.69 Å². The summed E-state index contributed by atoms with van der Waals surface area (Å²) in [6.07, 6.45) is 3.99. The molecule has 0 aromatic heterocycles. The van der Waals surface area contributed by atoms with Crippen molar-refractivity contribution in [3.8, 4) is 5.75 Å². The average Bonchev–Trinajstić information content (AvgIpc) is 2.92. The van der Waals surface area contributed by atoms with Crippen molar-refractivity contribution in [3.63, 3.8) is 0 Å². The molecule has 2 rings (SSSR count). The maximum atomic E-state index is 11.6. The monoisotopic (exact) mass is 261 g/mol. The van der Waals surface area contributed by atoms with Gasteiger partial charge in [-0.15, -0.1) is 0 Å². The molecule has 1 amide bonds. The number of hydrogen-bond acceptors (Lipinski definition) is 4. The molecule has 0 bridgehead atoms. The number of carbonyl (C=O) groups excluding carboxylic acids is 1. The van der Waals surface area contributed by atoms with Crippen LogP contribution in [0.15, 0.2) is 29.4 Å². The van der Waals surface area contributed by atoms with Crippen molar-refractivity contribution >= 4 is 12.1 Å². The first kappa shape index (κ1) is 13.5. The van der Waals surface area contributed by atoms with E-state index in [1.807, 2.05) is 24.3 Å². The van der Waals surface area contributed by atoms with Gasteiger partial charge >= 0.3 is 0 Å². The van der Waals surface area contributed by atoms with E-state index in [0.717, 1.165) is 24.4 Å². The SMILES string of the molecule is COc1ccc(C=NNC(=O)CN2CCCC2)cc1. The van der Waals surface area contributed by atoms with E-state index in [0.29, 0.717) is 6.54 Å². The molecule has 1 N–H and O–H groups in total. The molecule has 1 aromatic carbocycles. The second-order valence-corrected chi connectivity index (χ2v) is 4.55. The van der Waals surface area contributed by atoms with Gasteiger partial charge in [-0.1, -0.05) is 0 Å². The highest BCUT2D eigenvalue weighted by Gasteiger charge is 2.14. The van der Waals surface area contributed by atoms with Crippen LogP contribution < -0.4 is 10.2 Å². The summed E-state index contributed by atoms with van der Waals surface area (Å²) < 4.78 is 5.07. The Morgan fingerprint density at radius 3 is 2.68 bits per heavy atom. The first-order valence-electron chi connectivity index (χ1n) is 6.46. The van der Waals surface area contributed by atoms with Gasteiger partial charge in [0.05, 0.1) is 19.9 Å². The number of benzene rings is 1. The predicted molar refractivity (Wildman–Crippen MR) is 74.4 cm³/mol. The number of hydrazone groups is 1. The number of nitrogens with one attached hydrogen (secondary N) is 1. The van der Waals surface area contributed by atoms with Crippen molar-refractivity contribution in [1.29, 1.82) is 0 Å². The van der Waals surface area contributed by atoms with E-state index < -0.39 is 0 Å². The lowest BCUT2D eigenvalue weighted by atomic mass is 10.2. The van der Waals surface area contributed by atoms with E-state index in [2.05, 4.69) is 15.4 Å². The van der Waals surface area contributed by atoms with Crippen LogP contribution in [0.4, 0.5) is 0 Å². The summed E-state index contributed by atoms with van der Waals surface area (Å²) in [6.45, 7) is 2.45. The molecule has 1 aliphatic rings. The molecule has 1 aliphatic heterocycles. The molecular formula is C14H19N3O2. The van der Waals surface area contributed by atoms with Crippen LogP contribution in [0, 0.1) is 0 Å². The van der Waals surface area contributed by atoms with E-state index in [-0.39, 0.29) is 5.91 Å². The van der Waals surface area contributed by atoms with Crippen molar-refractivity contribution in [2.75, 3.05) is 26.7 Å². The van der Waals surface area contributed by atoms with Gasteiger partial charge in [0.1, 0.15) is 5.75 Å². The van der Waals surface area contributed by atoms with Gasteiger partial charge in [0.2, 0.25) is 0 Å². The lowest BCUT2D eigenvalue weighted by Gasteiger charge is -2.12. The molecule has 1 heterocycles. The Balaban J connectivity index is 1.76. The van der Waals surface area contributed by atoms with Crippen molar-refractivity contribution in [2.45, 2.75) is 12.8 Å². The topological polar surface area (TPSA) is 53.9 Å². The number of likely N-dealkylation sites (tertiary alicyclic amines) is 1. The largest absolute Gasteiger partial charge is 0.497 e. The smallest absolute Gasteiger partial charge is 0.254 e. The maximum Gasteiger partial charge on any atom is 0.254 e. The number of carbonyl (C=O) groups is 1. The molecule has 5 nitrogen and oxygen atoms in total. The zero-order valence-electron chi connectivity index (χ0n) is 11.1. The van der Waals surface area contributed by atoms with Gasteiger partial charge in [-0.25, -0.2) is 5.43 Å². The summed E-state index contributed by atoms with van der Waals surface area (Å²) in [7, 11) is 1.63. The van der Waals surface area contributed by atoms with Crippen molar-refractivity contribution in [1.82, 2.24) is 10.3 Å². The Morgan fingerprint density at radius 2 is 2.05 bits per heavy atom. The fraction of sp³-hybridized carbons (Fsp3) is 0.429. The molecule has 0 unspecified atom stereocenters. The van der Waals surface area contributed by atoms with Gasteiger partial charge < -0.3 is 4.74 Å². The van der Waals surface area contributed by atoms with Crippen LogP contribution >= 0.6 is 0 Å². The molecule has 0 saturated carbocycles. The second kappa shape index (κ2) is 6.89. The highest BCUT2D eigenvalue weighted by Crippen LogP contribution is 2.09. The molecule has 102 valence electrons. The van der Waals surface area contributed by atoms with E-state index in [1.54, 1.807) is 13.3 Å². The summed E-state index contributed by atoms with van der Waals surface area (Å²) >= 11 is 0. The van der Waals surface area contributed by atoms with E-state index in [9.17, 15) is 4.79 Å². The average molecular weight is 261 g/mol. The molecule has 1 saturated heterocycles. The van der Waals surface area contributed by atoms with E-state index in [4.69, 9.17) is 4.74 Å². The Morgan fingerprint density at radius 1 is 1.37 bits per heavy atom. The third kappa shape index (κ3) is 4.37. The molecule has 5 heteroatoms. The molecular weight excluding hydrogens is 242 g/mol. The minimum atomic E-state index is -0.0633. The minimum Gasteiger partial charge on any atom is -0.497 e. The van der Waals surface area contributed by atoms with Gasteiger partial charge in [0.15, 0.2) is 0 Å². The second-order valence-electron chi connectivity index (χ2n) is 4.55. The van der Waals surface area contributed by atoms with Crippen LogP contribution in [0.25, 0.3) is 0 Å². The lowest BCUT2D eigenvalue weighted by Crippen LogP contribution is -2.33. The highest BCUT2D eigenvalue weighted by molar-refractivity contribution is 5.83. The summed E-state index contributed by atoms with van der Waals surface area (Å²) in [5, 5.41) is 3.95. The van der Waals surface area contributed by atoms with Crippen molar-refractivity contribution in [3.05, 3.63) is 29.8 Å². The molecule has 0 aliphatic carbocycles. The van der Waals surface area contributed by atoms with E-state index in [1.165, 1.54) is 12.8 Å². The Hall–Kier alpha value is -1.88. The standard InChI is InChI=1S/C14H19N3O2/c1-19-13-6-4-12(5-7-13)10-15-16-14(18)11-17-8-2-3-9-17/h4-7,10H,2-3,8-9,11H2,1H3,(H,16,18). The third-order valence-electron chi connectivity index (χ3n) is 3.08. The van der Waals surface area contributed by atoms with Gasteiger partial charge in [-0.05, 0) is 55.8 Å². The number of hydrogen-bond donors (Lipinski definition) is 1. The molecule has 1 aromatic rings. The third-order valence-corrected chi connectivity index (χ3v) is 3.08. The first-order chi connectivity index (χ1) is 9.28. The Kier molecular flexibility index (Phi) is 4.92.